The number of benzene rings is 1. The molecule has 0 radical (unpaired) electrons. The Morgan fingerprint density at radius 3 is 2.52 bits per heavy atom. The first-order chi connectivity index (χ1) is 11.2. The van der Waals surface area contributed by atoms with Crippen molar-refractivity contribution in [3.05, 3.63) is 42.5 Å². The summed E-state index contributed by atoms with van der Waals surface area (Å²) in [4.78, 5) is 17.4. The topological polar surface area (TPSA) is 54.3 Å². The molecule has 2 bridgehead atoms. The minimum absolute atomic E-state index is 0.158. The lowest BCUT2D eigenvalue weighted by Gasteiger charge is -2.36. The van der Waals surface area contributed by atoms with Gasteiger partial charge in [-0.3, -0.25) is 9.36 Å². The highest BCUT2D eigenvalue weighted by atomic mass is 16.2. The van der Waals surface area contributed by atoms with Crippen molar-refractivity contribution in [2.24, 2.45) is 5.92 Å². The summed E-state index contributed by atoms with van der Waals surface area (Å²) in [5.74, 6) is 0.768. The van der Waals surface area contributed by atoms with Gasteiger partial charge in [-0.25, -0.2) is 0 Å². The van der Waals surface area contributed by atoms with Gasteiger partial charge in [0.15, 0.2) is 0 Å². The molecule has 3 saturated heterocycles. The van der Waals surface area contributed by atoms with Crippen molar-refractivity contribution in [2.75, 3.05) is 26.7 Å². The number of hydrogen-bond donors (Lipinski definition) is 0. The van der Waals surface area contributed by atoms with Gasteiger partial charge in [-0.15, -0.1) is 10.2 Å². The molecule has 1 aromatic heterocycles. The van der Waals surface area contributed by atoms with Gasteiger partial charge in [-0.2, -0.15) is 0 Å². The van der Waals surface area contributed by atoms with Crippen LogP contribution in [0.3, 0.4) is 0 Å². The summed E-state index contributed by atoms with van der Waals surface area (Å²) < 4.78 is 1.83. The standard InChI is InChI=1S/C17H21N5O/c1-20-8-13-2-5-16(10-20)22(9-13)17(23)14-3-6-15(7-4-14)21-11-18-19-12-21/h3-4,6-7,11-13,16H,2,5,8-10H2,1H3/t13-,16+/m1/s1. The molecule has 0 spiro atoms. The van der Waals surface area contributed by atoms with E-state index in [2.05, 4.69) is 27.0 Å². The van der Waals surface area contributed by atoms with Crippen molar-refractivity contribution >= 4 is 5.91 Å². The van der Waals surface area contributed by atoms with Crippen molar-refractivity contribution in [2.45, 2.75) is 18.9 Å². The Bertz CT molecular complexity index is 682. The molecule has 23 heavy (non-hydrogen) atoms. The minimum atomic E-state index is 0.158. The number of carbonyl (C=O) groups excluding carboxylic acids is 1. The quantitative estimate of drug-likeness (QED) is 0.842. The second-order valence-electron chi connectivity index (χ2n) is 6.69. The molecular weight excluding hydrogens is 290 g/mol. The zero-order valence-electron chi connectivity index (χ0n) is 13.3. The Hall–Kier alpha value is -2.21. The molecule has 4 heterocycles. The predicted octanol–water partition coefficient (Wildman–Crippen LogP) is 1.43. The first kappa shape index (κ1) is 14.4. The van der Waals surface area contributed by atoms with Crippen LogP contribution >= 0.6 is 0 Å². The van der Waals surface area contributed by atoms with Crippen molar-refractivity contribution in [3.8, 4) is 5.69 Å². The van der Waals surface area contributed by atoms with Crippen molar-refractivity contribution in [1.82, 2.24) is 24.6 Å². The lowest BCUT2D eigenvalue weighted by Crippen LogP contribution is -2.47. The first-order valence-electron chi connectivity index (χ1n) is 8.15. The number of fused-ring (bicyclic) bond motifs is 4. The molecule has 0 saturated carbocycles. The van der Waals surface area contributed by atoms with Gasteiger partial charge in [0.25, 0.3) is 5.91 Å². The SMILES string of the molecule is CN1C[C@H]2CC[C@@H](C1)N(C(=O)c1ccc(-n3cnnc3)cc1)C2. The highest BCUT2D eigenvalue weighted by Crippen LogP contribution is 2.28. The van der Waals surface area contributed by atoms with Gasteiger partial charge in [0, 0.05) is 36.9 Å². The fourth-order valence-corrected chi connectivity index (χ4v) is 3.84. The monoisotopic (exact) mass is 311 g/mol. The van der Waals surface area contributed by atoms with Gasteiger partial charge < -0.3 is 9.80 Å². The third-order valence-corrected chi connectivity index (χ3v) is 4.99. The van der Waals surface area contributed by atoms with Crippen LogP contribution in [0.4, 0.5) is 0 Å². The van der Waals surface area contributed by atoms with Crippen LogP contribution in [0.15, 0.2) is 36.9 Å². The molecule has 1 aromatic carbocycles. The Morgan fingerprint density at radius 1 is 1.04 bits per heavy atom. The number of nitrogens with zero attached hydrogens (tertiary/aromatic N) is 5. The van der Waals surface area contributed by atoms with Gasteiger partial charge >= 0.3 is 0 Å². The lowest BCUT2D eigenvalue weighted by atomic mass is 9.94. The summed E-state index contributed by atoms with van der Waals surface area (Å²) in [6.07, 6.45) is 5.67. The van der Waals surface area contributed by atoms with E-state index in [9.17, 15) is 4.79 Å². The van der Waals surface area contributed by atoms with Crippen molar-refractivity contribution in [1.29, 1.82) is 0 Å². The molecular formula is C17H21N5O. The number of likely N-dealkylation sites (N-methyl/N-ethyl adjacent to an activating group) is 1. The fourth-order valence-electron chi connectivity index (χ4n) is 3.84. The summed E-state index contributed by atoms with van der Waals surface area (Å²) >= 11 is 0. The van der Waals surface area contributed by atoms with Gasteiger partial charge in [-0.1, -0.05) is 0 Å². The Labute approximate surface area is 135 Å². The highest BCUT2D eigenvalue weighted by molar-refractivity contribution is 5.94. The first-order valence-corrected chi connectivity index (χ1v) is 8.15. The maximum absolute atomic E-state index is 12.9. The van der Waals surface area contributed by atoms with Crippen LogP contribution in [0, 0.1) is 5.92 Å². The van der Waals surface area contributed by atoms with E-state index in [1.165, 1.54) is 6.42 Å². The predicted molar refractivity (Wildman–Crippen MR) is 86.4 cm³/mol. The molecule has 0 unspecified atom stereocenters. The Balaban J connectivity index is 1.55. The van der Waals surface area contributed by atoms with E-state index < -0.39 is 0 Å². The van der Waals surface area contributed by atoms with Crippen LogP contribution in [0.25, 0.3) is 5.69 Å². The third kappa shape index (κ3) is 2.74. The molecule has 6 heteroatoms. The molecule has 1 amide bonds. The average molecular weight is 311 g/mol. The maximum atomic E-state index is 12.9. The van der Waals surface area contributed by atoms with E-state index >= 15 is 0 Å². The van der Waals surface area contributed by atoms with Gasteiger partial charge in [0.05, 0.1) is 0 Å². The number of hydrogen-bond acceptors (Lipinski definition) is 4. The van der Waals surface area contributed by atoms with E-state index in [1.54, 1.807) is 12.7 Å². The normalized spacial score (nSPS) is 24.7. The molecule has 2 aromatic rings. The second-order valence-corrected chi connectivity index (χ2v) is 6.69. The summed E-state index contributed by atoms with van der Waals surface area (Å²) in [5.41, 5.74) is 1.72. The van der Waals surface area contributed by atoms with Crippen LogP contribution < -0.4 is 0 Å². The second kappa shape index (κ2) is 5.77. The van der Waals surface area contributed by atoms with Gasteiger partial charge in [0.2, 0.25) is 0 Å². The average Bonchev–Trinajstić information content (AvgIpc) is 2.98. The molecule has 3 fully saturated rings. The Morgan fingerprint density at radius 2 is 1.78 bits per heavy atom. The van der Waals surface area contributed by atoms with Crippen LogP contribution in [0.2, 0.25) is 0 Å². The highest BCUT2D eigenvalue weighted by Gasteiger charge is 2.36. The molecule has 0 N–H and O–H groups in total. The largest absolute Gasteiger partial charge is 0.334 e. The Kier molecular flexibility index (Phi) is 3.61. The minimum Gasteiger partial charge on any atom is -0.334 e. The van der Waals surface area contributed by atoms with Crippen LogP contribution in [0.5, 0.6) is 0 Å². The van der Waals surface area contributed by atoms with Crippen molar-refractivity contribution in [3.63, 3.8) is 0 Å². The summed E-state index contributed by atoms with van der Waals surface area (Å²) in [6, 6.07) is 8.04. The van der Waals surface area contributed by atoms with E-state index in [-0.39, 0.29) is 5.91 Å². The number of amides is 1. The van der Waals surface area contributed by atoms with Crippen LogP contribution in [-0.4, -0.2) is 63.2 Å². The van der Waals surface area contributed by atoms with E-state index in [0.717, 1.165) is 37.3 Å². The maximum Gasteiger partial charge on any atom is 0.254 e. The molecule has 6 nitrogen and oxygen atoms in total. The zero-order valence-corrected chi connectivity index (χ0v) is 13.3. The van der Waals surface area contributed by atoms with Crippen molar-refractivity contribution < 1.29 is 4.79 Å². The molecule has 0 aliphatic carbocycles. The molecule has 3 aliphatic rings. The smallest absolute Gasteiger partial charge is 0.254 e. The zero-order chi connectivity index (χ0) is 15.8. The van der Waals surface area contributed by atoms with E-state index in [4.69, 9.17) is 0 Å². The summed E-state index contributed by atoms with van der Waals surface area (Å²) in [6.45, 7) is 2.98. The van der Waals surface area contributed by atoms with E-state index in [0.29, 0.717) is 12.0 Å². The molecule has 2 atom stereocenters. The van der Waals surface area contributed by atoms with Gasteiger partial charge in [0.1, 0.15) is 12.7 Å². The number of piperidine rings is 1. The lowest BCUT2D eigenvalue weighted by molar-refractivity contribution is 0.0587. The number of carbonyl (C=O) groups is 1. The van der Waals surface area contributed by atoms with Crippen LogP contribution in [-0.2, 0) is 0 Å². The fraction of sp³-hybridized carbons (Fsp3) is 0.471. The summed E-state index contributed by atoms with van der Waals surface area (Å²) in [5, 5.41) is 7.61. The molecule has 5 rings (SSSR count). The number of aromatic nitrogens is 3. The molecule has 120 valence electrons. The van der Waals surface area contributed by atoms with Crippen LogP contribution in [0.1, 0.15) is 23.2 Å². The van der Waals surface area contributed by atoms with Gasteiger partial charge in [-0.05, 0) is 50.1 Å². The van der Waals surface area contributed by atoms with E-state index in [1.807, 2.05) is 28.8 Å². The summed E-state index contributed by atoms with van der Waals surface area (Å²) in [7, 11) is 2.16. The third-order valence-electron chi connectivity index (χ3n) is 4.99. The number of rotatable bonds is 2. The molecule has 3 aliphatic heterocycles.